The van der Waals surface area contributed by atoms with Crippen LogP contribution >= 0.6 is 0 Å². The summed E-state index contributed by atoms with van der Waals surface area (Å²) in [7, 11) is 0. The van der Waals surface area contributed by atoms with Gasteiger partial charge in [-0.05, 0) is 32.9 Å². The van der Waals surface area contributed by atoms with Gasteiger partial charge in [-0.3, -0.25) is 4.79 Å². The van der Waals surface area contributed by atoms with Crippen molar-refractivity contribution >= 4 is 17.5 Å². The van der Waals surface area contributed by atoms with Gasteiger partial charge >= 0.3 is 5.97 Å². The minimum atomic E-state index is -0.585. The third-order valence-corrected chi connectivity index (χ3v) is 3.35. The lowest BCUT2D eigenvalue weighted by Crippen LogP contribution is -2.34. The first-order valence-electron chi connectivity index (χ1n) is 6.96. The zero-order valence-electron chi connectivity index (χ0n) is 12.5. The van der Waals surface area contributed by atoms with Crippen LogP contribution in [0.3, 0.4) is 0 Å². The standard InChI is InChI=1S/C15H19N3O3/c1-4-17(5-2)14(19)10-21-15(20)12-9-18-11(3)7-6-8-13(18)16-12/h6-9H,4-5,10H2,1-3H3. The van der Waals surface area contributed by atoms with Gasteiger partial charge in [0.25, 0.3) is 5.91 Å². The van der Waals surface area contributed by atoms with Crippen molar-refractivity contribution in [2.45, 2.75) is 20.8 Å². The molecule has 21 heavy (non-hydrogen) atoms. The van der Waals surface area contributed by atoms with Crippen LogP contribution in [0.25, 0.3) is 5.65 Å². The fourth-order valence-electron chi connectivity index (χ4n) is 2.12. The summed E-state index contributed by atoms with van der Waals surface area (Å²) in [4.78, 5) is 29.6. The number of aryl methyl sites for hydroxylation is 1. The molecule has 6 heteroatoms. The van der Waals surface area contributed by atoms with E-state index in [0.29, 0.717) is 18.7 Å². The summed E-state index contributed by atoms with van der Waals surface area (Å²) in [6.07, 6.45) is 1.62. The molecule has 0 spiro atoms. The molecule has 0 radical (unpaired) electrons. The van der Waals surface area contributed by atoms with Crippen LogP contribution in [-0.4, -0.2) is 45.9 Å². The zero-order valence-corrected chi connectivity index (χ0v) is 12.5. The Morgan fingerprint density at radius 3 is 2.62 bits per heavy atom. The molecule has 0 saturated heterocycles. The fraction of sp³-hybridized carbons (Fsp3) is 0.400. The number of aromatic nitrogens is 2. The monoisotopic (exact) mass is 289 g/mol. The molecule has 0 aliphatic rings. The molecule has 0 aliphatic heterocycles. The van der Waals surface area contributed by atoms with E-state index in [1.807, 2.05) is 43.4 Å². The Bertz CT molecular complexity index is 659. The highest BCUT2D eigenvalue weighted by atomic mass is 16.5. The molecular weight excluding hydrogens is 270 g/mol. The molecule has 0 fully saturated rings. The van der Waals surface area contributed by atoms with E-state index in [1.165, 1.54) is 0 Å². The maximum atomic E-state index is 12.0. The van der Waals surface area contributed by atoms with Gasteiger partial charge in [-0.25, -0.2) is 9.78 Å². The second kappa shape index (κ2) is 6.39. The van der Waals surface area contributed by atoms with Crippen LogP contribution in [0.2, 0.25) is 0 Å². The lowest BCUT2D eigenvalue weighted by molar-refractivity contribution is -0.134. The van der Waals surface area contributed by atoms with Gasteiger partial charge in [-0.2, -0.15) is 0 Å². The van der Waals surface area contributed by atoms with Crippen molar-refractivity contribution in [3.63, 3.8) is 0 Å². The summed E-state index contributed by atoms with van der Waals surface area (Å²) >= 11 is 0. The predicted octanol–water partition coefficient (Wildman–Crippen LogP) is 1.67. The average molecular weight is 289 g/mol. The van der Waals surface area contributed by atoms with E-state index in [4.69, 9.17) is 4.74 Å². The number of hydrogen-bond donors (Lipinski definition) is 0. The van der Waals surface area contributed by atoms with Crippen LogP contribution in [0.4, 0.5) is 0 Å². The second-order valence-electron chi connectivity index (χ2n) is 4.66. The average Bonchev–Trinajstić information content (AvgIpc) is 2.91. The first kappa shape index (κ1) is 15.0. The van der Waals surface area contributed by atoms with Crippen molar-refractivity contribution in [1.82, 2.24) is 14.3 Å². The van der Waals surface area contributed by atoms with Crippen LogP contribution in [0.5, 0.6) is 0 Å². The molecule has 0 unspecified atom stereocenters. The molecule has 2 aromatic rings. The Labute approximate surface area is 123 Å². The largest absolute Gasteiger partial charge is 0.451 e. The number of imidazole rings is 1. The third kappa shape index (κ3) is 3.21. The molecule has 6 nitrogen and oxygen atoms in total. The molecule has 112 valence electrons. The summed E-state index contributed by atoms with van der Waals surface area (Å²) in [6, 6.07) is 5.61. The Kier molecular flexibility index (Phi) is 4.57. The van der Waals surface area contributed by atoms with Gasteiger partial charge in [0.05, 0.1) is 0 Å². The quantitative estimate of drug-likeness (QED) is 0.785. The van der Waals surface area contributed by atoms with Gasteiger partial charge in [0, 0.05) is 25.0 Å². The van der Waals surface area contributed by atoms with Crippen LogP contribution in [0, 0.1) is 6.92 Å². The molecule has 2 rings (SSSR count). The van der Waals surface area contributed by atoms with Crippen LogP contribution in [0.1, 0.15) is 30.0 Å². The van der Waals surface area contributed by atoms with E-state index < -0.39 is 5.97 Å². The summed E-state index contributed by atoms with van der Waals surface area (Å²) < 4.78 is 6.85. The number of pyridine rings is 1. The highest BCUT2D eigenvalue weighted by molar-refractivity contribution is 5.90. The molecule has 0 saturated carbocycles. The summed E-state index contributed by atoms with van der Waals surface area (Å²) in [5.74, 6) is -0.785. The molecular formula is C15H19N3O3. The predicted molar refractivity (Wildman–Crippen MR) is 78.1 cm³/mol. The topological polar surface area (TPSA) is 63.9 Å². The SMILES string of the molecule is CCN(CC)C(=O)COC(=O)c1cn2c(C)cccc2n1. The van der Waals surface area contributed by atoms with Gasteiger partial charge in [0.1, 0.15) is 5.65 Å². The Morgan fingerprint density at radius 1 is 1.29 bits per heavy atom. The summed E-state index contributed by atoms with van der Waals surface area (Å²) in [5.41, 5.74) is 1.85. The van der Waals surface area contributed by atoms with Gasteiger partial charge in [0.2, 0.25) is 0 Å². The van der Waals surface area contributed by atoms with E-state index in [1.54, 1.807) is 11.1 Å². The number of hydrogen-bond acceptors (Lipinski definition) is 4. The van der Waals surface area contributed by atoms with Crippen LogP contribution in [-0.2, 0) is 9.53 Å². The first-order chi connectivity index (χ1) is 10.1. The van der Waals surface area contributed by atoms with Gasteiger partial charge in [-0.1, -0.05) is 6.07 Å². The normalized spacial score (nSPS) is 10.6. The van der Waals surface area contributed by atoms with E-state index in [2.05, 4.69) is 4.98 Å². The minimum Gasteiger partial charge on any atom is -0.451 e. The van der Waals surface area contributed by atoms with E-state index >= 15 is 0 Å². The summed E-state index contributed by atoms with van der Waals surface area (Å²) in [6.45, 7) is 6.63. The van der Waals surface area contributed by atoms with Gasteiger partial charge in [0.15, 0.2) is 12.3 Å². The van der Waals surface area contributed by atoms with Crippen LogP contribution in [0.15, 0.2) is 24.4 Å². The number of likely N-dealkylation sites (N-methyl/N-ethyl adjacent to an activating group) is 1. The van der Waals surface area contributed by atoms with Gasteiger partial charge < -0.3 is 14.0 Å². The van der Waals surface area contributed by atoms with Crippen molar-refractivity contribution in [2.75, 3.05) is 19.7 Å². The Morgan fingerprint density at radius 2 is 2.00 bits per heavy atom. The molecule has 2 aromatic heterocycles. The second-order valence-corrected chi connectivity index (χ2v) is 4.66. The lowest BCUT2D eigenvalue weighted by Gasteiger charge is -2.17. The van der Waals surface area contributed by atoms with Crippen molar-refractivity contribution in [2.24, 2.45) is 0 Å². The fourth-order valence-corrected chi connectivity index (χ4v) is 2.12. The molecule has 2 heterocycles. The van der Waals surface area contributed by atoms with Crippen molar-refractivity contribution in [3.05, 3.63) is 35.8 Å². The number of carbonyl (C=O) groups is 2. The van der Waals surface area contributed by atoms with E-state index in [9.17, 15) is 9.59 Å². The maximum Gasteiger partial charge on any atom is 0.359 e. The Balaban J connectivity index is 2.06. The molecule has 0 N–H and O–H groups in total. The molecule has 0 aromatic carbocycles. The van der Waals surface area contributed by atoms with E-state index in [-0.39, 0.29) is 18.2 Å². The number of carbonyl (C=O) groups excluding carboxylic acids is 2. The van der Waals surface area contributed by atoms with Gasteiger partial charge in [-0.15, -0.1) is 0 Å². The molecule has 0 atom stereocenters. The third-order valence-electron chi connectivity index (χ3n) is 3.35. The minimum absolute atomic E-state index is 0.201. The maximum absolute atomic E-state index is 12.0. The zero-order chi connectivity index (χ0) is 15.4. The highest BCUT2D eigenvalue weighted by Gasteiger charge is 2.16. The smallest absolute Gasteiger partial charge is 0.359 e. The molecule has 0 bridgehead atoms. The number of rotatable bonds is 5. The molecule has 0 aliphatic carbocycles. The highest BCUT2D eigenvalue weighted by Crippen LogP contribution is 2.09. The number of fused-ring (bicyclic) bond motifs is 1. The number of esters is 1. The number of nitrogens with zero attached hydrogens (tertiary/aromatic N) is 3. The molecule has 1 amide bonds. The van der Waals surface area contributed by atoms with E-state index in [0.717, 1.165) is 5.69 Å². The summed E-state index contributed by atoms with van der Waals surface area (Å²) in [5, 5.41) is 0. The van der Waals surface area contributed by atoms with Crippen LogP contribution < -0.4 is 0 Å². The lowest BCUT2D eigenvalue weighted by atomic mass is 10.4. The number of ether oxygens (including phenoxy) is 1. The van der Waals surface area contributed by atoms with Crippen molar-refractivity contribution < 1.29 is 14.3 Å². The first-order valence-corrected chi connectivity index (χ1v) is 6.96. The van der Waals surface area contributed by atoms with Crippen molar-refractivity contribution in [1.29, 1.82) is 0 Å². The number of amides is 1. The van der Waals surface area contributed by atoms with Crippen molar-refractivity contribution in [3.8, 4) is 0 Å². The Hall–Kier alpha value is -2.37.